The Morgan fingerprint density at radius 1 is 1.14 bits per heavy atom. The number of alkyl halides is 2. The highest BCUT2D eigenvalue weighted by molar-refractivity contribution is 8.00. The van der Waals surface area contributed by atoms with Crippen molar-refractivity contribution in [3.8, 4) is 11.4 Å². The van der Waals surface area contributed by atoms with Gasteiger partial charge in [-0.15, -0.1) is 10.2 Å². The van der Waals surface area contributed by atoms with Crippen molar-refractivity contribution < 1.29 is 13.6 Å². The number of carbonyl (C=O) groups is 1. The summed E-state index contributed by atoms with van der Waals surface area (Å²) in [6.07, 6.45) is 0. The van der Waals surface area contributed by atoms with Crippen LogP contribution < -0.4 is 5.32 Å². The van der Waals surface area contributed by atoms with E-state index < -0.39 is 5.76 Å². The van der Waals surface area contributed by atoms with Crippen molar-refractivity contribution in [2.45, 2.75) is 15.8 Å². The van der Waals surface area contributed by atoms with Crippen LogP contribution in [0.3, 0.4) is 0 Å². The van der Waals surface area contributed by atoms with Gasteiger partial charge in [-0.1, -0.05) is 35.1 Å². The van der Waals surface area contributed by atoms with E-state index >= 15 is 0 Å². The lowest BCUT2D eigenvalue weighted by Gasteiger charge is -2.07. The van der Waals surface area contributed by atoms with E-state index in [2.05, 4.69) is 15.5 Å². The lowest BCUT2D eigenvalue weighted by Crippen LogP contribution is -2.14. The smallest absolute Gasteiger partial charge is 0.288 e. The quantitative estimate of drug-likeness (QED) is 0.513. The van der Waals surface area contributed by atoms with E-state index in [-0.39, 0.29) is 11.7 Å². The molecule has 0 atom stereocenters. The van der Waals surface area contributed by atoms with E-state index in [1.807, 2.05) is 19.2 Å². The van der Waals surface area contributed by atoms with Crippen LogP contribution in [0.5, 0.6) is 0 Å². The highest BCUT2D eigenvalue weighted by Gasteiger charge is 2.13. The van der Waals surface area contributed by atoms with Crippen LogP contribution in [0, 0.1) is 0 Å². The third kappa shape index (κ3) is 5.46. The number of benzene rings is 2. The van der Waals surface area contributed by atoms with E-state index in [9.17, 15) is 13.6 Å². The highest BCUT2D eigenvalue weighted by atomic mass is 35.5. The predicted octanol–water partition coefficient (Wildman–Crippen LogP) is 5.18. The molecule has 2 aromatic carbocycles. The molecule has 146 valence electrons. The second-order valence-corrected chi connectivity index (χ2v) is 8.05. The number of carbonyl (C=O) groups excluding carboxylic acids is 1. The minimum Gasteiger partial charge on any atom is -0.325 e. The molecule has 0 unspecified atom stereocenters. The fourth-order valence-electron chi connectivity index (χ4n) is 2.34. The average Bonchev–Trinajstić information content (AvgIpc) is 3.02. The monoisotopic (exact) mass is 440 g/mol. The number of hydrogen-bond donors (Lipinski definition) is 1. The van der Waals surface area contributed by atoms with Crippen LogP contribution in [0.2, 0.25) is 5.02 Å². The zero-order valence-electron chi connectivity index (χ0n) is 14.6. The van der Waals surface area contributed by atoms with Crippen molar-refractivity contribution in [3.05, 3.63) is 53.6 Å². The molecule has 0 aliphatic carbocycles. The van der Waals surface area contributed by atoms with Crippen molar-refractivity contribution in [1.82, 2.24) is 14.8 Å². The molecule has 3 rings (SSSR count). The summed E-state index contributed by atoms with van der Waals surface area (Å²) in [4.78, 5) is 12.6. The fourth-order valence-corrected chi connectivity index (χ4v) is 3.67. The van der Waals surface area contributed by atoms with Crippen LogP contribution in [0.25, 0.3) is 11.4 Å². The van der Waals surface area contributed by atoms with Gasteiger partial charge in [0.1, 0.15) is 0 Å². The number of anilines is 1. The molecular weight excluding hydrogens is 426 g/mol. The summed E-state index contributed by atoms with van der Waals surface area (Å²) in [5, 5.41) is 12.3. The summed E-state index contributed by atoms with van der Waals surface area (Å²) in [5.74, 6) is -1.89. The van der Waals surface area contributed by atoms with Gasteiger partial charge in [0.25, 0.3) is 5.76 Å². The lowest BCUT2D eigenvalue weighted by atomic mass is 10.2. The molecule has 0 spiro atoms. The van der Waals surface area contributed by atoms with E-state index in [0.717, 1.165) is 5.56 Å². The maximum absolute atomic E-state index is 12.3. The van der Waals surface area contributed by atoms with E-state index in [1.54, 1.807) is 41.0 Å². The summed E-state index contributed by atoms with van der Waals surface area (Å²) in [6, 6.07) is 13.5. The Hall–Kier alpha value is -2.10. The van der Waals surface area contributed by atoms with Crippen LogP contribution in [0.15, 0.2) is 58.6 Å². The summed E-state index contributed by atoms with van der Waals surface area (Å²) in [5.41, 5.74) is 1.42. The van der Waals surface area contributed by atoms with Crippen molar-refractivity contribution in [3.63, 3.8) is 0 Å². The molecule has 1 amide bonds. The molecule has 1 aromatic heterocycles. The Bertz CT molecular complexity index is 949. The SMILES string of the molecule is Cn1c(SCC(=O)Nc2ccc(SC(F)F)cc2)nnc1-c1ccc(Cl)cc1. The third-order valence-corrected chi connectivity index (χ3v) is 5.63. The molecule has 10 heteroatoms. The van der Waals surface area contributed by atoms with Gasteiger partial charge in [-0.05, 0) is 48.5 Å². The van der Waals surface area contributed by atoms with Gasteiger partial charge in [-0.3, -0.25) is 4.79 Å². The van der Waals surface area contributed by atoms with Crippen LogP contribution >= 0.6 is 35.1 Å². The van der Waals surface area contributed by atoms with Gasteiger partial charge in [0.05, 0.1) is 5.75 Å². The topological polar surface area (TPSA) is 59.8 Å². The first kappa shape index (κ1) is 20.6. The molecule has 3 aromatic rings. The Morgan fingerprint density at radius 2 is 1.82 bits per heavy atom. The van der Waals surface area contributed by atoms with Crippen LogP contribution in [0.1, 0.15) is 0 Å². The summed E-state index contributed by atoms with van der Waals surface area (Å²) in [7, 11) is 1.82. The molecular formula is C18H15ClF2N4OS2. The molecule has 0 fully saturated rings. The molecule has 0 radical (unpaired) electrons. The van der Waals surface area contributed by atoms with Gasteiger partial charge in [0.15, 0.2) is 11.0 Å². The molecule has 0 saturated carbocycles. The zero-order chi connectivity index (χ0) is 20.1. The Balaban J connectivity index is 1.57. The Labute approximate surface area is 173 Å². The van der Waals surface area contributed by atoms with Crippen molar-refractivity contribution in [2.24, 2.45) is 7.05 Å². The number of aromatic nitrogens is 3. The normalized spacial score (nSPS) is 11.0. The number of nitrogens with zero attached hydrogens (tertiary/aromatic N) is 3. The van der Waals surface area contributed by atoms with Gasteiger partial charge in [-0.25, -0.2) is 0 Å². The molecule has 5 nitrogen and oxygen atoms in total. The molecule has 1 heterocycles. The molecule has 0 bridgehead atoms. The number of halogens is 3. The van der Waals surface area contributed by atoms with E-state index in [1.165, 1.54) is 11.8 Å². The standard InChI is InChI=1S/C18H15ClF2N4OS2/c1-25-16(11-2-4-12(19)5-3-11)23-24-18(25)27-10-15(26)22-13-6-8-14(9-7-13)28-17(20)21/h2-9,17H,10H2,1H3,(H,22,26). The highest BCUT2D eigenvalue weighted by Crippen LogP contribution is 2.27. The number of rotatable bonds is 7. The lowest BCUT2D eigenvalue weighted by molar-refractivity contribution is -0.113. The second-order valence-electron chi connectivity index (χ2n) is 5.61. The van der Waals surface area contributed by atoms with Gasteiger partial charge < -0.3 is 9.88 Å². The number of nitrogens with one attached hydrogen (secondary N) is 1. The van der Waals surface area contributed by atoms with Gasteiger partial charge >= 0.3 is 0 Å². The number of amides is 1. The second kappa shape index (κ2) is 9.40. The van der Waals surface area contributed by atoms with Crippen LogP contribution in [-0.4, -0.2) is 32.2 Å². The van der Waals surface area contributed by atoms with Crippen molar-refractivity contribution in [1.29, 1.82) is 0 Å². The predicted molar refractivity (Wildman–Crippen MR) is 109 cm³/mol. The zero-order valence-corrected chi connectivity index (χ0v) is 17.0. The van der Waals surface area contributed by atoms with Crippen LogP contribution in [0.4, 0.5) is 14.5 Å². The summed E-state index contributed by atoms with van der Waals surface area (Å²) >= 11 is 7.61. The first-order valence-electron chi connectivity index (χ1n) is 8.05. The largest absolute Gasteiger partial charge is 0.325 e. The fraction of sp³-hybridized carbons (Fsp3) is 0.167. The molecule has 0 aliphatic heterocycles. The summed E-state index contributed by atoms with van der Waals surface area (Å²) in [6.45, 7) is 0. The first-order chi connectivity index (χ1) is 13.4. The maximum atomic E-state index is 12.3. The van der Waals surface area contributed by atoms with Crippen LogP contribution in [-0.2, 0) is 11.8 Å². The van der Waals surface area contributed by atoms with Gasteiger partial charge in [0, 0.05) is 28.2 Å². The van der Waals surface area contributed by atoms with E-state index in [0.29, 0.717) is 38.3 Å². The Morgan fingerprint density at radius 3 is 2.46 bits per heavy atom. The first-order valence-corrected chi connectivity index (χ1v) is 10.3. The Kier molecular flexibility index (Phi) is 6.93. The molecule has 28 heavy (non-hydrogen) atoms. The molecule has 1 N–H and O–H groups in total. The van der Waals surface area contributed by atoms with Gasteiger partial charge in [-0.2, -0.15) is 8.78 Å². The third-order valence-electron chi connectivity index (χ3n) is 3.63. The van der Waals surface area contributed by atoms with Gasteiger partial charge in [0.2, 0.25) is 5.91 Å². The summed E-state index contributed by atoms with van der Waals surface area (Å²) < 4.78 is 26.5. The average molecular weight is 441 g/mol. The maximum Gasteiger partial charge on any atom is 0.288 e. The minimum absolute atomic E-state index is 0.139. The van der Waals surface area contributed by atoms with Crippen molar-refractivity contribution >= 4 is 46.7 Å². The molecule has 0 aliphatic rings. The molecule has 0 saturated heterocycles. The number of hydrogen-bond acceptors (Lipinski definition) is 5. The van der Waals surface area contributed by atoms with Crippen molar-refractivity contribution in [2.75, 3.05) is 11.1 Å². The number of thioether (sulfide) groups is 2. The minimum atomic E-state index is -2.47. The van der Waals surface area contributed by atoms with E-state index in [4.69, 9.17) is 11.6 Å².